The van der Waals surface area contributed by atoms with Crippen LogP contribution >= 0.6 is 0 Å². The molecular formula is C35H49NO4. The van der Waals surface area contributed by atoms with Gasteiger partial charge in [0.1, 0.15) is 18.5 Å². The smallest absolute Gasteiger partial charge is 0.414 e. The second-order valence-electron chi connectivity index (χ2n) is 15.1. The Morgan fingerprint density at radius 3 is 2.60 bits per heavy atom. The van der Waals surface area contributed by atoms with Gasteiger partial charge in [-0.3, -0.25) is 4.90 Å². The molecule has 0 unspecified atom stereocenters. The van der Waals surface area contributed by atoms with Crippen molar-refractivity contribution >= 4 is 6.09 Å². The predicted molar refractivity (Wildman–Crippen MR) is 155 cm³/mol. The second-order valence-corrected chi connectivity index (χ2v) is 15.1. The highest BCUT2D eigenvalue weighted by molar-refractivity contribution is 5.70. The minimum Gasteiger partial charge on any atom is -0.493 e. The molecule has 0 aromatic heterocycles. The van der Waals surface area contributed by atoms with Crippen molar-refractivity contribution in [3.63, 3.8) is 0 Å². The Hall–Kier alpha value is -2.01. The van der Waals surface area contributed by atoms with Crippen molar-refractivity contribution in [3.05, 3.63) is 47.4 Å². The SMILES string of the molecule is C[C@@H]1CC2=C([C@@H](C)[C@H]3[C@@H](C[C@H]4[C@@H]5CC[C@H]6C[C@@H](O)CC[C@]6(C)[C@H]5CC[C@]34C)O2)N(C(=O)OCc2ccccc2)C1. The summed E-state index contributed by atoms with van der Waals surface area (Å²) in [4.78, 5) is 15.5. The summed E-state index contributed by atoms with van der Waals surface area (Å²) in [6.07, 6.45) is 10.4. The predicted octanol–water partition coefficient (Wildman–Crippen LogP) is 7.54. The van der Waals surface area contributed by atoms with Crippen molar-refractivity contribution in [3.8, 4) is 0 Å². The molecule has 7 rings (SSSR count). The molecule has 1 amide bonds. The van der Waals surface area contributed by atoms with Gasteiger partial charge in [-0.1, -0.05) is 58.0 Å². The highest BCUT2D eigenvalue weighted by atomic mass is 16.6. The quantitative estimate of drug-likeness (QED) is 0.416. The molecule has 2 aliphatic heterocycles. The molecule has 0 radical (unpaired) electrons. The fourth-order valence-corrected chi connectivity index (χ4v) is 11.3. The Labute approximate surface area is 240 Å². The molecule has 2 heterocycles. The number of aliphatic hydroxyl groups is 1. The maximum atomic E-state index is 13.5. The molecule has 5 nitrogen and oxygen atoms in total. The van der Waals surface area contributed by atoms with E-state index < -0.39 is 0 Å². The number of hydrogen-bond acceptors (Lipinski definition) is 4. The minimum absolute atomic E-state index is 0.0887. The summed E-state index contributed by atoms with van der Waals surface area (Å²) in [7, 11) is 0. The largest absolute Gasteiger partial charge is 0.493 e. The van der Waals surface area contributed by atoms with E-state index in [1.807, 2.05) is 35.2 Å². The first-order chi connectivity index (χ1) is 19.2. The zero-order valence-electron chi connectivity index (χ0n) is 25.0. The van der Waals surface area contributed by atoms with Crippen LogP contribution in [0.25, 0.3) is 0 Å². The van der Waals surface area contributed by atoms with Crippen LogP contribution in [0.1, 0.15) is 91.0 Å². The summed E-state index contributed by atoms with van der Waals surface area (Å²) in [5.41, 5.74) is 2.75. The topological polar surface area (TPSA) is 59.0 Å². The number of amides is 1. The number of fused-ring (bicyclic) bond motifs is 7. The van der Waals surface area contributed by atoms with Crippen molar-refractivity contribution in [1.29, 1.82) is 0 Å². The Balaban J connectivity index is 1.13. The van der Waals surface area contributed by atoms with E-state index >= 15 is 0 Å². The minimum atomic E-state index is -0.231. The van der Waals surface area contributed by atoms with Gasteiger partial charge >= 0.3 is 6.09 Å². The molecule has 218 valence electrons. The zero-order valence-corrected chi connectivity index (χ0v) is 25.0. The van der Waals surface area contributed by atoms with Crippen molar-refractivity contribution in [1.82, 2.24) is 4.90 Å². The molecule has 4 saturated carbocycles. The lowest BCUT2D eigenvalue weighted by Gasteiger charge is -2.61. The number of benzene rings is 1. The molecular weight excluding hydrogens is 498 g/mol. The van der Waals surface area contributed by atoms with Crippen LogP contribution in [0, 0.1) is 52.3 Å². The number of aliphatic hydroxyl groups excluding tert-OH is 1. The second kappa shape index (κ2) is 9.78. The highest BCUT2D eigenvalue weighted by Crippen LogP contribution is 2.70. The molecule has 1 N–H and O–H groups in total. The molecule has 1 aromatic rings. The van der Waals surface area contributed by atoms with Gasteiger partial charge in [0.15, 0.2) is 0 Å². The maximum absolute atomic E-state index is 13.5. The molecule has 1 aromatic carbocycles. The third-order valence-corrected chi connectivity index (χ3v) is 13.0. The Bertz CT molecular complexity index is 1170. The van der Waals surface area contributed by atoms with Crippen molar-refractivity contribution in [2.24, 2.45) is 52.3 Å². The first kappa shape index (κ1) is 26.9. The van der Waals surface area contributed by atoms with Gasteiger partial charge in [-0.15, -0.1) is 0 Å². The van der Waals surface area contributed by atoms with Crippen LogP contribution in [-0.4, -0.2) is 34.9 Å². The van der Waals surface area contributed by atoms with Crippen LogP contribution in [0.4, 0.5) is 4.79 Å². The molecule has 0 saturated heterocycles. The van der Waals surface area contributed by atoms with Crippen molar-refractivity contribution in [2.45, 2.75) is 104 Å². The molecule has 11 atom stereocenters. The first-order valence-electron chi connectivity index (χ1n) is 16.2. The number of carbonyl (C=O) groups excluding carboxylic acids is 1. The standard InChI is InChI=1S/C35H49NO4/c1-21-16-30-32(36(19-21)33(38)39-20-23-8-6-5-7-9-23)22(2)31-29(40-30)18-28-26-11-10-24-17-25(37)12-14-34(24,3)27(26)13-15-35(28,31)4/h5-9,21-22,24-29,31,37H,10-20H2,1-4H3/t21-,22+,24+,25+,26-,27+,28+,29-,31+,34+,35+/m1/s1. The van der Waals surface area contributed by atoms with Crippen LogP contribution in [0.5, 0.6) is 0 Å². The van der Waals surface area contributed by atoms with Crippen LogP contribution in [-0.2, 0) is 16.1 Å². The van der Waals surface area contributed by atoms with E-state index in [2.05, 4.69) is 27.7 Å². The average Bonchev–Trinajstić information content (AvgIpc) is 3.24. The van der Waals surface area contributed by atoms with E-state index in [4.69, 9.17) is 9.47 Å². The van der Waals surface area contributed by atoms with Gasteiger partial charge in [0.2, 0.25) is 0 Å². The van der Waals surface area contributed by atoms with E-state index in [0.717, 1.165) is 48.1 Å². The monoisotopic (exact) mass is 547 g/mol. The van der Waals surface area contributed by atoms with Crippen LogP contribution in [0.2, 0.25) is 0 Å². The van der Waals surface area contributed by atoms with E-state index in [1.54, 1.807) is 0 Å². The van der Waals surface area contributed by atoms with Gasteiger partial charge in [-0.25, -0.2) is 4.79 Å². The van der Waals surface area contributed by atoms with Gasteiger partial charge in [0.25, 0.3) is 0 Å². The zero-order chi connectivity index (χ0) is 27.8. The molecule has 4 fully saturated rings. The average molecular weight is 548 g/mol. The lowest BCUT2D eigenvalue weighted by molar-refractivity contribution is -0.130. The van der Waals surface area contributed by atoms with Gasteiger partial charge in [0, 0.05) is 24.8 Å². The fourth-order valence-electron chi connectivity index (χ4n) is 11.3. The summed E-state index contributed by atoms with van der Waals surface area (Å²) in [6.45, 7) is 10.8. The summed E-state index contributed by atoms with van der Waals surface area (Å²) in [6, 6.07) is 9.97. The summed E-state index contributed by atoms with van der Waals surface area (Å²) < 4.78 is 12.9. The maximum Gasteiger partial charge on any atom is 0.414 e. The number of hydrogen-bond donors (Lipinski definition) is 1. The summed E-state index contributed by atoms with van der Waals surface area (Å²) in [5.74, 6) is 5.05. The summed E-state index contributed by atoms with van der Waals surface area (Å²) >= 11 is 0. The van der Waals surface area contributed by atoms with Crippen LogP contribution in [0.3, 0.4) is 0 Å². The van der Waals surface area contributed by atoms with Crippen LogP contribution in [0.15, 0.2) is 41.8 Å². The van der Waals surface area contributed by atoms with Crippen LogP contribution < -0.4 is 0 Å². The van der Waals surface area contributed by atoms with Gasteiger partial charge in [-0.05, 0) is 97.3 Å². The lowest BCUT2D eigenvalue weighted by Crippen LogP contribution is -2.55. The van der Waals surface area contributed by atoms with E-state index in [9.17, 15) is 9.90 Å². The molecule has 0 spiro atoms. The van der Waals surface area contributed by atoms with E-state index in [0.29, 0.717) is 42.2 Å². The van der Waals surface area contributed by atoms with Crippen molar-refractivity contribution < 1.29 is 19.4 Å². The number of allylic oxidation sites excluding steroid dienone is 2. The number of carbonyl (C=O) groups is 1. The van der Waals surface area contributed by atoms with Gasteiger partial charge < -0.3 is 14.6 Å². The summed E-state index contributed by atoms with van der Waals surface area (Å²) in [5, 5.41) is 10.4. The lowest BCUT2D eigenvalue weighted by atomic mass is 9.44. The molecule has 40 heavy (non-hydrogen) atoms. The van der Waals surface area contributed by atoms with Crippen molar-refractivity contribution in [2.75, 3.05) is 6.54 Å². The first-order valence-corrected chi connectivity index (χ1v) is 16.2. The van der Waals surface area contributed by atoms with E-state index in [1.165, 1.54) is 38.5 Å². The Morgan fingerprint density at radius 1 is 1.02 bits per heavy atom. The Kier molecular flexibility index (Phi) is 6.57. The molecule has 5 heteroatoms. The third-order valence-electron chi connectivity index (χ3n) is 13.0. The normalized spacial score (nSPS) is 45.8. The number of ether oxygens (including phenoxy) is 2. The third kappa shape index (κ3) is 4.07. The number of nitrogens with zero attached hydrogens (tertiary/aromatic N) is 1. The molecule has 0 bridgehead atoms. The van der Waals surface area contributed by atoms with Gasteiger partial charge in [0.05, 0.1) is 11.8 Å². The Morgan fingerprint density at radius 2 is 1.80 bits per heavy atom. The molecule has 4 aliphatic carbocycles. The van der Waals surface area contributed by atoms with E-state index in [-0.39, 0.29) is 29.6 Å². The fraction of sp³-hybridized carbons (Fsp3) is 0.743. The van der Waals surface area contributed by atoms with Gasteiger partial charge in [-0.2, -0.15) is 0 Å². The highest BCUT2D eigenvalue weighted by Gasteiger charge is 2.65. The number of rotatable bonds is 2. The molecule has 6 aliphatic rings.